The second-order valence-corrected chi connectivity index (χ2v) is 4.91. The highest BCUT2D eigenvalue weighted by molar-refractivity contribution is 9.10. The van der Waals surface area contributed by atoms with Crippen LogP contribution in [0.1, 0.15) is 11.6 Å². The lowest BCUT2D eigenvalue weighted by atomic mass is 10.1. The molecule has 1 aromatic carbocycles. The number of amidine groups is 1. The number of carbonyl (C=O) groups excluding carboxylic acids is 1. The van der Waals surface area contributed by atoms with Crippen molar-refractivity contribution in [3.63, 3.8) is 0 Å². The van der Waals surface area contributed by atoms with Gasteiger partial charge in [-0.05, 0) is 33.6 Å². The molecule has 0 saturated carbocycles. The number of rotatable bonds is 4. The molecule has 100 valence electrons. The van der Waals surface area contributed by atoms with Crippen molar-refractivity contribution in [2.24, 2.45) is 10.7 Å². The number of urea groups is 1. The molecule has 6 heteroatoms. The third-order valence-electron chi connectivity index (χ3n) is 2.88. The van der Waals surface area contributed by atoms with E-state index in [1.165, 1.54) is 0 Å². The highest BCUT2D eigenvalue weighted by Gasteiger charge is 2.33. The molecule has 0 aromatic heterocycles. The molecule has 2 N–H and O–H groups in total. The number of benzene rings is 1. The topological polar surface area (TPSA) is 67.9 Å². The summed E-state index contributed by atoms with van der Waals surface area (Å²) in [6.45, 7) is 4.04. The molecule has 1 heterocycles. The van der Waals surface area contributed by atoms with Crippen LogP contribution in [0.4, 0.5) is 4.79 Å². The van der Waals surface area contributed by atoms with Crippen LogP contribution in [-0.2, 0) is 0 Å². The Bertz CT molecular complexity index is 557. The molecular formula is C13H14BrN3O2. The first-order chi connectivity index (χ1) is 9.08. The smallest absolute Gasteiger partial charge is 0.346 e. The van der Waals surface area contributed by atoms with Gasteiger partial charge < -0.3 is 15.4 Å². The van der Waals surface area contributed by atoms with E-state index in [1.54, 1.807) is 18.1 Å². The average molecular weight is 324 g/mol. The van der Waals surface area contributed by atoms with Gasteiger partial charge in [-0.2, -0.15) is 4.99 Å². The van der Waals surface area contributed by atoms with Gasteiger partial charge in [-0.3, -0.25) is 0 Å². The van der Waals surface area contributed by atoms with Crippen molar-refractivity contribution in [3.8, 4) is 5.75 Å². The summed E-state index contributed by atoms with van der Waals surface area (Å²) < 4.78 is 5.98. The van der Waals surface area contributed by atoms with Crippen molar-refractivity contribution in [2.75, 3.05) is 13.7 Å². The fourth-order valence-corrected chi connectivity index (χ4v) is 2.59. The van der Waals surface area contributed by atoms with Crippen LogP contribution in [0.3, 0.4) is 0 Å². The van der Waals surface area contributed by atoms with Crippen LogP contribution in [0, 0.1) is 0 Å². The average Bonchev–Trinajstić information content (AvgIpc) is 2.65. The van der Waals surface area contributed by atoms with Gasteiger partial charge >= 0.3 is 6.03 Å². The number of hydrogen-bond donors (Lipinski definition) is 1. The molecule has 1 aliphatic heterocycles. The van der Waals surface area contributed by atoms with Gasteiger partial charge in [0.15, 0.2) is 0 Å². The molecule has 2 rings (SSSR count). The molecule has 1 atom stereocenters. The van der Waals surface area contributed by atoms with E-state index in [1.807, 2.05) is 18.2 Å². The van der Waals surface area contributed by atoms with Crippen molar-refractivity contribution in [2.45, 2.75) is 6.04 Å². The highest BCUT2D eigenvalue weighted by atomic mass is 79.9. The maximum absolute atomic E-state index is 11.7. The first kappa shape index (κ1) is 13.6. The first-order valence-corrected chi connectivity index (χ1v) is 6.46. The summed E-state index contributed by atoms with van der Waals surface area (Å²) in [6, 6.07) is 4.87. The van der Waals surface area contributed by atoms with Gasteiger partial charge in [-0.25, -0.2) is 4.79 Å². The zero-order valence-corrected chi connectivity index (χ0v) is 12.1. The summed E-state index contributed by atoms with van der Waals surface area (Å²) in [5.41, 5.74) is 6.73. The van der Waals surface area contributed by atoms with E-state index in [9.17, 15) is 4.79 Å². The van der Waals surface area contributed by atoms with Gasteiger partial charge in [0, 0.05) is 6.54 Å². The number of amides is 2. The van der Waals surface area contributed by atoms with Crippen LogP contribution in [-0.4, -0.2) is 30.4 Å². The van der Waals surface area contributed by atoms with E-state index in [-0.39, 0.29) is 12.1 Å². The summed E-state index contributed by atoms with van der Waals surface area (Å²) in [7, 11) is 1.60. The molecule has 5 nitrogen and oxygen atoms in total. The number of hydrogen-bond acceptors (Lipinski definition) is 3. The van der Waals surface area contributed by atoms with Crippen LogP contribution in [0.15, 0.2) is 40.3 Å². The quantitative estimate of drug-likeness (QED) is 0.865. The number of nitrogens with two attached hydrogens (primary N) is 1. The molecule has 2 amide bonds. The summed E-state index contributed by atoms with van der Waals surface area (Å²) in [5.74, 6) is 1.02. The number of carbonyl (C=O) groups is 1. The number of methoxy groups -OCH3 is 1. The molecule has 1 unspecified atom stereocenters. The minimum atomic E-state index is -0.354. The predicted octanol–water partition coefficient (Wildman–Crippen LogP) is 2.48. The Morgan fingerprint density at radius 2 is 2.37 bits per heavy atom. The van der Waals surface area contributed by atoms with E-state index < -0.39 is 0 Å². The summed E-state index contributed by atoms with van der Waals surface area (Å²) in [6.07, 6.45) is 1.65. The van der Waals surface area contributed by atoms with Crippen LogP contribution in [0.5, 0.6) is 5.75 Å². The maximum Gasteiger partial charge on any atom is 0.346 e. The lowest BCUT2D eigenvalue weighted by Gasteiger charge is -2.23. The van der Waals surface area contributed by atoms with Gasteiger partial charge in [0.1, 0.15) is 17.6 Å². The third kappa shape index (κ3) is 2.49. The van der Waals surface area contributed by atoms with Crippen LogP contribution < -0.4 is 10.5 Å². The summed E-state index contributed by atoms with van der Waals surface area (Å²) in [4.78, 5) is 17.1. The zero-order chi connectivity index (χ0) is 14.0. The normalized spacial score (nSPS) is 18.4. The van der Waals surface area contributed by atoms with Crippen LogP contribution in [0.2, 0.25) is 0 Å². The number of aliphatic imine (C=N–C) groups is 1. The fourth-order valence-electron chi connectivity index (χ4n) is 2.03. The Morgan fingerprint density at radius 3 is 2.95 bits per heavy atom. The van der Waals surface area contributed by atoms with Crippen molar-refractivity contribution in [3.05, 3.63) is 40.9 Å². The first-order valence-electron chi connectivity index (χ1n) is 5.67. The Hall–Kier alpha value is -1.82. The largest absolute Gasteiger partial charge is 0.496 e. The molecule has 0 radical (unpaired) electrons. The summed E-state index contributed by atoms with van der Waals surface area (Å²) in [5, 5.41) is 0. The predicted molar refractivity (Wildman–Crippen MR) is 77.4 cm³/mol. The van der Waals surface area contributed by atoms with Gasteiger partial charge in [0.25, 0.3) is 0 Å². The Labute approximate surface area is 119 Å². The maximum atomic E-state index is 11.7. The molecule has 1 aliphatic rings. The minimum absolute atomic E-state index is 0.295. The van der Waals surface area contributed by atoms with Crippen molar-refractivity contribution in [1.82, 2.24) is 4.90 Å². The second-order valence-electron chi connectivity index (χ2n) is 4.06. The molecule has 1 aromatic rings. The molecule has 19 heavy (non-hydrogen) atoms. The van der Waals surface area contributed by atoms with Crippen LogP contribution in [0.25, 0.3) is 0 Å². The molecule has 0 saturated heterocycles. The van der Waals surface area contributed by atoms with E-state index >= 15 is 0 Å². The Morgan fingerprint density at radius 1 is 1.63 bits per heavy atom. The van der Waals surface area contributed by atoms with Crippen LogP contribution >= 0.6 is 15.9 Å². The number of halogens is 1. The van der Waals surface area contributed by atoms with Crippen molar-refractivity contribution >= 4 is 27.8 Å². The standard InChI is InChI=1S/C13H14BrN3O2/c1-3-6-17-11(12(15)16-13(17)18)8-4-5-10(19-2)9(14)7-8/h3-5,7,11H,1,6H2,2H3,(H2,15,16,18). The van der Waals surface area contributed by atoms with Crippen molar-refractivity contribution < 1.29 is 9.53 Å². The fraction of sp³-hybridized carbons (Fsp3) is 0.231. The van der Waals surface area contributed by atoms with Gasteiger partial charge in [0.2, 0.25) is 0 Å². The van der Waals surface area contributed by atoms with Crippen molar-refractivity contribution in [1.29, 1.82) is 0 Å². The summed E-state index contributed by atoms with van der Waals surface area (Å²) >= 11 is 3.42. The lowest BCUT2D eigenvalue weighted by Crippen LogP contribution is -2.33. The van der Waals surface area contributed by atoms with E-state index in [0.717, 1.165) is 15.8 Å². The molecular weight excluding hydrogens is 310 g/mol. The Balaban J connectivity index is 2.38. The highest BCUT2D eigenvalue weighted by Crippen LogP contribution is 2.32. The van der Waals surface area contributed by atoms with E-state index in [0.29, 0.717) is 12.4 Å². The lowest BCUT2D eigenvalue weighted by molar-refractivity contribution is 0.213. The van der Waals surface area contributed by atoms with E-state index in [4.69, 9.17) is 10.5 Å². The van der Waals surface area contributed by atoms with E-state index in [2.05, 4.69) is 27.5 Å². The molecule has 0 fully saturated rings. The van der Waals surface area contributed by atoms with Gasteiger partial charge in [-0.15, -0.1) is 6.58 Å². The second kappa shape index (κ2) is 5.44. The van der Waals surface area contributed by atoms with Gasteiger partial charge in [0.05, 0.1) is 11.6 Å². The van der Waals surface area contributed by atoms with Gasteiger partial charge in [-0.1, -0.05) is 12.1 Å². The monoisotopic (exact) mass is 323 g/mol. The Kier molecular flexibility index (Phi) is 3.90. The molecule has 0 spiro atoms. The molecule has 0 aliphatic carbocycles. The zero-order valence-electron chi connectivity index (χ0n) is 10.5. The number of nitrogens with zero attached hydrogens (tertiary/aromatic N) is 2. The third-order valence-corrected chi connectivity index (χ3v) is 3.50. The SMILES string of the molecule is C=CCN1C(=O)N=C(N)C1c1ccc(OC)c(Br)c1. The number of ether oxygens (including phenoxy) is 1. The molecule has 0 bridgehead atoms. The minimum Gasteiger partial charge on any atom is -0.496 e.